The molecular weight excluding hydrogens is 456 g/mol. The number of amides is 1. The molecule has 1 aliphatic carbocycles. The van der Waals surface area contributed by atoms with Crippen LogP contribution in [-0.2, 0) is 17.6 Å². The third-order valence-corrected chi connectivity index (χ3v) is 6.49. The Kier molecular flexibility index (Phi) is 6.31. The summed E-state index contributed by atoms with van der Waals surface area (Å²) in [6.07, 6.45) is 2.04. The van der Waals surface area contributed by atoms with Crippen LogP contribution in [0, 0.1) is 5.82 Å². The van der Waals surface area contributed by atoms with E-state index in [-0.39, 0.29) is 11.8 Å². The van der Waals surface area contributed by atoms with Crippen molar-refractivity contribution in [3.8, 4) is 22.8 Å². The number of ether oxygens (including phenoxy) is 2. The molecule has 0 saturated carbocycles. The van der Waals surface area contributed by atoms with Gasteiger partial charge < -0.3 is 14.8 Å². The fraction of sp³-hybridized carbons (Fsp3) is 0.304. The third kappa shape index (κ3) is 4.02. The Morgan fingerprint density at radius 2 is 1.88 bits per heavy atom. The molecule has 2 N–H and O–H groups in total. The van der Waals surface area contributed by atoms with E-state index in [2.05, 4.69) is 15.5 Å². The second-order valence-corrected chi connectivity index (χ2v) is 8.42. The monoisotopic (exact) mass is 477 g/mol. The Morgan fingerprint density at radius 1 is 1.19 bits per heavy atom. The normalized spacial score (nSPS) is 15.2. The van der Waals surface area contributed by atoms with Gasteiger partial charge in [-0.25, -0.2) is 4.39 Å². The summed E-state index contributed by atoms with van der Waals surface area (Å²) in [5, 5.41) is 11.2. The number of carbonyl (C=O) groups is 1. The van der Waals surface area contributed by atoms with Crippen molar-refractivity contribution in [2.45, 2.75) is 32.1 Å². The SMILES string of the molecule is COc1cc(OC)c(Cl)c(C2CCc3c(-c4cc(F)ccc4NC(C)=O)n[nH]c3C2)c1Cl. The maximum atomic E-state index is 14.0. The molecule has 32 heavy (non-hydrogen) atoms. The summed E-state index contributed by atoms with van der Waals surface area (Å²) < 4.78 is 24.8. The van der Waals surface area contributed by atoms with Gasteiger partial charge in [-0.15, -0.1) is 0 Å². The van der Waals surface area contributed by atoms with Crippen molar-refractivity contribution in [1.82, 2.24) is 10.2 Å². The quantitative estimate of drug-likeness (QED) is 0.488. The van der Waals surface area contributed by atoms with Gasteiger partial charge in [-0.1, -0.05) is 23.2 Å². The van der Waals surface area contributed by atoms with Crippen LogP contribution in [0.5, 0.6) is 11.5 Å². The van der Waals surface area contributed by atoms with Crippen molar-refractivity contribution < 1.29 is 18.7 Å². The van der Waals surface area contributed by atoms with E-state index in [0.29, 0.717) is 51.3 Å². The molecule has 3 aromatic rings. The molecular formula is C23H22Cl2FN3O3. The van der Waals surface area contributed by atoms with Crippen molar-refractivity contribution in [2.24, 2.45) is 0 Å². The average molecular weight is 478 g/mol. The zero-order valence-electron chi connectivity index (χ0n) is 17.8. The molecule has 0 aliphatic heterocycles. The van der Waals surface area contributed by atoms with E-state index >= 15 is 0 Å². The highest BCUT2D eigenvalue weighted by Gasteiger charge is 2.31. The predicted molar refractivity (Wildman–Crippen MR) is 123 cm³/mol. The maximum absolute atomic E-state index is 14.0. The summed E-state index contributed by atoms with van der Waals surface area (Å²) in [7, 11) is 3.09. The molecule has 0 radical (unpaired) electrons. The number of benzene rings is 2. The Hall–Kier alpha value is -2.77. The number of aromatic nitrogens is 2. The molecule has 1 aliphatic rings. The fourth-order valence-corrected chi connectivity index (χ4v) is 5.06. The minimum absolute atomic E-state index is 0.0159. The molecule has 1 unspecified atom stereocenters. The highest BCUT2D eigenvalue weighted by atomic mass is 35.5. The van der Waals surface area contributed by atoms with Gasteiger partial charge in [0.25, 0.3) is 0 Å². The van der Waals surface area contributed by atoms with Gasteiger partial charge in [-0.3, -0.25) is 9.89 Å². The second kappa shape index (κ2) is 9.00. The van der Waals surface area contributed by atoms with Gasteiger partial charge in [-0.2, -0.15) is 5.10 Å². The van der Waals surface area contributed by atoms with Gasteiger partial charge in [0.05, 0.1) is 35.6 Å². The Labute approximate surface area is 195 Å². The van der Waals surface area contributed by atoms with Crippen LogP contribution in [0.1, 0.15) is 36.1 Å². The van der Waals surface area contributed by atoms with Gasteiger partial charge in [-0.05, 0) is 43.4 Å². The molecule has 0 spiro atoms. The van der Waals surface area contributed by atoms with E-state index in [0.717, 1.165) is 23.2 Å². The maximum Gasteiger partial charge on any atom is 0.221 e. The first-order valence-electron chi connectivity index (χ1n) is 10.1. The number of hydrogen-bond acceptors (Lipinski definition) is 4. The largest absolute Gasteiger partial charge is 0.495 e. The second-order valence-electron chi connectivity index (χ2n) is 7.66. The van der Waals surface area contributed by atoms with Crippen molar-refractivity contribution in [2.75, 3.05) is 19.5 Å². The summed E-state index contributed by atoms with van der Waals surface area (Å²) >= 11 is 13.2. The minimum atomic E-state index is -0.401. The van der Waals surface area contributed by atoms with Crippen LogP contribution in [-0.4, -0.2) is 30.3 Å². The number of halogens is 3. The molecule has 2 aromatic carbocycles. The molecule has 1 aromatic heterocycles. The number of carbonyl (C=O) groups excluding carboxylic acids is 1. The summed E-state index contributed by atoms with van der Waals surface area (Å²) in [5.74, 6) is 0.375. The van der Waals surface area contributed by atoms with Crippen LogP contribution < -0.4 is 14.8 Å². The Morgan fingerprint density at radius 3 is 2.50 bits per heavy atom. The first-order valence-corrected chi connectivity index (χ1v) is 10.8. The number of H-pyrrole nitrogens is 1. The third-order valence-electron chi connectivity index (χ3n) is 5.71. The van der Waals surface area contributed by atoms with E-state index in [1.54, 1.807) is 26.4 Å². The van der Waals surface area contributed by atoms with Crippen molar-refractivity contribution in [1.29, 1.82) is 0 Å². The van der Waals surface area contributed by atoms with Crippen molar-refractivity contribution >= 4 is 34.8 Å². The van der Waals surface area contributed by atoms with Crippen LogP contribution in [0.15, 0.2) is 24.3 Å². The number of rotatable bonds is 5. The predicted octanol–water partition coefficient (Wildman–Crippen LogP) is 5.77. The summed E-state index contributed by atoms with van der Waals surface area (Å²) in [4.78, 5) is 11.6. The lowest BCUT2D eigenvalue weighted by Crippen LogP contribution is -2.14. The minimum Gasteiger partial charge on any atom is -0.495 e. The molecule has 6 nitrogen and oxygen atoms in total. The zero-order valence-corrected chi connectivity index (χ0v) is 19.3. The number of nitrogens with zero attached hydrogens (tertiary/aromatic N) is 1. The van der Waals surface area contributed by atoms with Crippen molar-refractivity contribution in [3.63, 3.8) is 0 Å². The number of aromatic amines is 1. The molecule has 0 fully saturated rings. The first kappa shape index (κ1) is 22.4. The smallest absolute Gasteiger partial charge is 0.221 e. The summed E-state index contributed by atoms with van der Waals surface area (Å²) in [6.45, 7) is 1.41. The summed E-state index contributed by atoms with van der Waals surface area (Å²) in [6, 6.07) is 5.91. The van der Waals surface area contributed by atoms with E-state index in [9.17, 15) is 9.18 Å². The van der Waals surface area contributed by atoms with Gasteiger partial charge in [0, 0.05) is 35.4 Å². The highest BCUT2D eigenvalue weighted by Crippen LogP contribution is 2.48. The topological polar surface area (TPSA) is 76.2 Å². The Bertz CT molecular complexity index is 1170. The van der Waals surface area contributed by atoms with E-state index in [1.165, 1.54) is 19.1 Å². The molecule has 0 bridgehead atoms. The number of fused-ring (bicyclic) bond motifs is 1. The Balaban J connectivity index is 1.73. The fourth-order valence-electron chi connectivity index (χ4n) is 4.25. The molecule has 0 saturated heterocycles. The van der Waals surface area contributed by atoms with Crippen molar-refractivity contribution in [3.05, 3.63) is 56.9 Å². The number of hydrogen-bond donors (Lipinski definition) is 2. The molecule has 1 amide bonds. The van der Waals surface area contributed by atoms with Crippen LogP contribution in [0.3, 0.4) is 0 Å². The van der Waals surface area contributed by atoms with Crippen LogP contribution in [0.25, 0.3) is 11.3 Å². The number of anilines is 1. The van der Waals surface area contributed by atoms with Gasteiger partial charge in [0.2, 0.25) is 5.91 Å². The van der Waals surface area contributed by atoms with Crippen LogP contribution in [0.2, 0.25) is 10.0 Å². The van der Waals surface area contributed by atoms with Gasteiger partial charge >= 0.3 is 0 Å². The first-order chi connectivity index (χ1) is 15.3. The lowest BCUT2D eigenvalue weighted by Gasteiger charge is -2.26. The number of nitrogens with one attached hydrogen (secondary N) is 2. The van der Waals surface area contributed by atoms with Crippen LogP contribution >= 0.6 is 23.2 Å². The molecule has 1 atom stereocenters. The highest BCUT2D eigenvalue weighted by molar-refractivity contribution is 6.38. The van der Waals surface area contributed by atoms with E-state index < -0.39 is 5.82 Å². The van der Waals surface area contributed by atoms with Crippen LogP contribution in [0.4, 0.5) is 10.1 Å². The van der Waals surface area contributed by atoms with E-state index in [1.807, 2.05) is 0 Å². The molecule has 168 valence electrons. The molecule has 4 rings (SSSR count). The van der Waals surface area contributed by atoms with Gasteiger partial charge in [0.1, 0.15) is 17.3 Å². The van der Waals surface area contributed by atoms with Gasteiger partial charge in [0.15, 0.2) is 0 Å². The molecule has 9 heteroatoms. The molecule has 1 heterocycles. The lowest BCUT2D eigenvalue weighted by molar-refractivity contribution is -0.114. The number of methoxy groups -OCH3 is 2. The van der Waals surface area contributed by atoms with E-state index in [4.69, 9.17) is 32.7 Å². The zero-order chi connectivity index (χ0) is 23.0. The standard InChI is InChI=1S/C23H22Cl2FN3O3/c1-11(30)27-16-7-5-13(26)9-15(16)23-14-6-4-12(8-17(14)28-29-23)20-21(24)18(31-2)10-19(32-3)22(20)25/h5,7,9-10,12H,4,6,8H2,1-3H3,(H,27,30)(H,28,29). The average Bonchev–Trinajstić information content (AvgIpc) is 3.18. The summed E-state index contributed by atoms with van der Waals surface area (Å²) in [5.41, 5.74) is 4.36. The lowest BCUT2D eigenvalue weighted by atomic mass is 9.81.